The lowest BCUT2D eigenvalue weighted by atomic mass is 9.86. The predicted molar refractivity (Wildman–Crippen MR) is 108 cm³/mol. The van der Waals surface area contributed by atoms with E-state index >= 15 is 0 Å². The van der Waals surface area contributed by atoms with Gasteiger partial charge in [-0.2, -0.15) is 0 Å². The number of amides is 1. The molecule has 5 rings (SSSR count). The molecule has 148 valence electrons. The Kier molecular flexibility index (Phi) is 4.46. The smallest absolute Gasteiger partial charge is 0.254 e. The van der Waals surface area contributed by atoms with E-state index in [1.165, 1.54) is 11.1 Å². The highest BCUT2D eigenvalue weighted by atomic mass is 16.7. The summed E-state index contributed by atoms with van der Waals surface area (Å²) in [6.07, 6.45) is 6.74. The van der Waals surface area contributed by atoms with Crippen LogP contribution in [0.2, 0.25) is 0 Å². The Morgan fingerprint density at radius 3 is 2.93 bits per heavy atom. The summed E-state index contributed by atoms with van der Waals surface area (Å²) in [7, 11) is 1.96. The van der Waals surface area contributed by atoms with Crippen LogP contribution in [0.4, 0.5) is 0 Å². The summed E-state index contributed by atoms with van der Waals surface area (Å²) in [5.74, 6) is 2.15. The van der Waals surface area contributed by atoms with Crippen molar-refractivity contribution in [1.29, 1.82) is 0 Å². The van der Waals surface area contributed by atoms with Crippen LogP contribution in [0.1, 0.15) is 46.2 Å². The molecular weight excluding hydrogens is 366 g/mol. The van der Waals surface area contributed by atoms with Gasteiger partial charge in [0.15, 0.2) is 11.5 Å². The Labute approximate surface area is 169 Å². The van der Waals surface area contributed by atoms with Gasteiger partial charge >= 0.3 is 0 Å². The summed E-state index contributed by atoms with van der Waals surface area (Å²) in [6.45, 7) is 0.649. The molecule has 2 aliphatic rings. The molecule has 1 aliphatic heterocycles. The zero-order valence-corrected chi connectivity index (χ0v) is 16.4. The largest absolute Gasteiger partial charge is 0.454 e. The summed E-state index contributed by atoms with van der Waals surface area (Å²) < 4.78 is 12.9. The van der Waals surface area contributed by atoms with Crippen LogP contribution in [0.15, 0.2) is 54.9 Å². The van der Waals surface area contributed by atoms with Crippen molar-refractivity contribution in [2.75, 3.05) is 6.79 Å². The maximum atomic E-state index is 13.7. The molecule has 0 fully saturated rings. The maximum absolute atomic E-state index is 13.7. The van der Waals surface area contributed by atoms with Crippen molar-refractivity contribution in [2.24, 2.45) is 7.05 Å². The minimum Gasteiger partial charge on any atom is -0.454 e. The third-order valence-corrected chi connectivity index (χ3v) is 5.83. The molecule has 2 aromatic carbocycles. The lowest BCUT2D eigenvalue weighted by Crippen LogP contribution is -2.37. The highest BCUT2D eigenvalue weighted by molar-refractivity contribution is 5.95. The average Bonchev–Trinajstić information content (AvgIpc) is 3.39. The second kappa shape index (κ2) is 7.28. The number of ether oxygens (including phenoxy) is 2. The standard InChI is InChI=1S/C23H23N3O3/c1-25-12-11-24-22(25)14-26(19-8-4-6-16-5-2-3-7-18(16)19)23(27)17-9-10-20-21(13-17)29-15-28-20/h2-3,5,7,9-13,19H,4,6,8,14-15H2,1H3/t19-/m1/s1. The van der Waals surface area contributed by atoms with Gasteiger partial charge in [0, 0.05) is 25.0 Å². The first-order valence-corrected chi connectivity index (χ1v) is 9.95. The predicted octanol–water partition coefficient (Wildman–Crippen LogP) is 3.87. The Morgan fingerprint density at radius 2 is 2.07 bits per heavy atom. The molecule has 3 aromatic rings. The first-order chi connectivity index (χ1) is 14.2. The van der Waals surface area contributed by atoms with Crippen molar-refractivity contribution >= 4 is 5.91 Å². The lowest BCUT2D eigenvalue weighted by molar-refractivity contribution is 0.0629. The van der Waals surface area contributed by atoms with E-state index in [1.807, 2.05) is 34.8 Å². The van der Waals surface area contributed by atoms with E-state index in [0.29, 0.717) is 23.6 Å². The number of rotatable bonds is 4. The van der Waals surface area contributed by atoms with Crippen LogP contribution in [0.3, 0.4) is 0 Å². The van der Waals surface area contributed by atoms with Crippen LogP contribution in [0.5, 0.6) is 11.5 Å². The zero-order valence-electron chi connectivity index (χ0n) is 16.4. The Bertz CT molecular complexity index is 1060. The number of imidazole rings is 1. The number of carbonyl (C=O) groups excluding carboxylic acids is 1. The molecule has 0 spiro atoms. The van der Waals surface area contributed by atoms with E-state index in [-0.39, 0.29) is 18.7 Å². The molecule has 0 saturated heterocycles. The van der Waals surface area contributed by atoms with E-state index in [4.69, 9.17) is 9.47 Å². The van der Waals surface area contributed by atoms with E-state index in [1.54, 1.807) is 12.3 Å². The van der Waals surface area contributed by atoms with Gasteiger partial charge < -0.3 is 18.9 Å². The number of hydrogen-bond acceptors (Lipinski definition) is 4. The number of hydrogen-bond donors (Lipinski definition) is 0. The van der Waals surface area contributed by atoms with Crippen LogP contribution in [0, 0.1) is 0 Å². The van der Waals surface area contributed by atoms with Gasteiger partial charge in [-0.05, 0) is 48.6 Å². The number of aromatic nitrogens is 2. The molecule has 6 nitrogen and oxygen atoms in total. The average molecular weight is 389 g/mol. The summed E-state index contributed by atoms with van der Waals surface area (Å²) in [6, 6.07) is 13.9. The molecule has 2 heterocycles. The Hall–Kier alpha value is -3.28. The fourth-order valence-electron chi connectivity index (χ4n) is 4.27. The third kappa shape index (κ3) is 3.24. The fourth-order valence-corrected chi connectivity index (χ4v) is 4.27. The number of nitrogens with zero attached hydrogens (tertiary/aromatic N) is 3. The summed E-state index contributed by atoms with van der Waals surface area (Å²) in [5.41, 5.74) is 3.17. The van der Waals surface area contributed by atoms with Gasteiger partial charge in [-0.25, -0.2) is 4.98 Å². The zero-order chi connectivity index (χ0) is 19.8. The number of benzene rings is 2. The molecule has 0 bridgehead atoms. The summed E-state index contributed by atoms with van der Waals surface area (Å²) in [4.78, 5) is 20.1. The van der Waals surface area contributed by atoms with Gasteiger partial charge in [0.25, 0.3) is 5.91 Å². The minimum atomic E-state index is -0.0204. The van der Waals surface area contributed by atoms with Gasteiger partial charge in [-0.15, -0.1) is 0 Å². The molecule has 1 aromatic heterocycles. The Balaban J connectivity index is 1.54. The van der Waals surface area contributed by atoms with Crippen LogP contribution in [0.25, 0.3) is 0 Å². The highest BCUT2D eigenvalue weighted by Crippen LogP contribution is 2.37. The summed E-state index contributed by atoms with van der Waals surface area (Å²) >= 11 is 0. The van der Waals surface area contributed by atoms with Gasteiger partial charge in [-0.3, -0.25) is 4.79 Å². The normalized spacial score (nSPS) is 17.1. The van der Waals surface area contributed by atoms with Crippen molar-refractivity contribution in [2.45, 2.75) is 31.8 Å². The molecule has 29 heavy (non-hydrogen) atoms. The second-order valence-corrected chi connectivity index (χ2v) is 7.56. The monoisotopic (exact) mass is 389 g/mol. The van der Waals surface area contributed by atoms with Crippen molar-refractivity contribution in [3.8, 4) is 11.5 Å². The third-order valence-electron chi connectivity index (χ3n) is 5.83. The molecule has 1 amide bonds. The van der Waals surface area contributed by atoms with Gasteiger partial charge in [0.1, 0.15) is 5.82 Å². The maximum Gasteiger partial charge on any atom is 0.254 e. The topological polar surface area (TPSA) is 56.6 Å². The van der Waals surface area contributed by atoms with Gasteiger partial charge in [-0.1, -0.05) is 24.3 Å². The van der Waals surface area contributed by atoms with Gasteiger partial charge in [0.2, 0.25) is 6.79 Å². The second-order valence-electron chi connectivity index (χ2n) is 7.56. The molecular formula is C23H23N3O3. The first-order valence-electron chi connectivity index (χ1n) is 9.95. The van der Waals surface area contributed by atoms with E-state index < -0.39 is 0 Å². The van der Waals surface area contributed by atoms with Crippen LogP contribution >= 0.6 is 0 Å². The number of aryl methyl sites for hydroxylation is 2. The molecule has 1 aliphatic carbocycles. The van der Waals surface area contributed by atoms with Crippen LogP contribution in [-0.2, 0) is 20.0 Å². The number of carbonyl (C=O) groups is 1. The highest BCUT2D eigenvalue weighted by Gasteiger charge is 2.31. The van der Waals surface area contributed by atoms with E-state index in [0.717, 1.165) is 25.1 Å². The molecule has 0 saturated carbocycles. The molecule has 1 atom stereocenters. The molecule has 0 N–H and O–H groups in total. The van der Waals surface area contributed by atoms with Crippen molar-refractivity contribution in [1.82, 2.24) is 14.5 Å². The lowest BCUT2D eigenvalue weighted by Gasteiger charge is -2.36. The van der Waals surface area contributed by atoms with E-state index in [2.05, 4.69) is 29.2 Å². The van der Waals surface area contributed by atoms with Crippen molar-refractivity contribution in [3.05, 3.63) is 77.4 Å². The van der Waals surface area contributed by atoms with Crippen molar-refractivity contribution < 1.29 is 14.3 Å². The minimum absolute atomic E-state index is 0.0204. The SMILES string of the molecule is Cn1ccnc1CN(C(=O)c1ccc2c(c1)OCO2)[C@@H]1CCCc2ccccc21. The molecule has 0 radical (unpaired) electrons. The quantitative estimate of drug-likeness (QED) is 0.680. The molecule has 0 unspecified atom stereocenters. The van der Waals surface area contributed by atoms with E-state index in [9.17, 15) is 4.79 Å². The fraction of sp³-hybridized carbons (Fsp3) is 0.304. The van der Waals surface area contributed by atoms with Gasteiger partial charge in [0.05, 0.1) is 12.6 Å². The number of fused-ring (bicyclic) bond motifs is 2. The summed E-state index contributed by atoms with van der Waals surface area (Å²) in [5, 5.41) is 0. The first kappa shape index (κ1) is 17.8. The van der Waals surface area contributed by atoms with Crippen molar-refractivity contribution in [3.63, 3.8) is 0 Å². The van der Waals surface area contributed by atoms with Crippen LogP contribution < -0.4 is 9.47 Å². The van der Waals surface area contributed by atoms with Crippen LogP contribution in [-0.4, -0.2) is 27.2 Å². The Morgan fingerprint density at radius 1 is 1.21 bits per heavy atom. The molecule has 6 heteroatoms.